The molecule has 1 aromatic rings. The highest BCUT2D eigenvalue weighted by Gasteiger charge is 2.52. The quantitative estimate of drug-likeness (QED) is 0.825. The van der Waals surface area contributed by atoms with Gasteiger partial charge in [0.15, 0.2) is 6.29 Å². The molecule has 2 heteroatoms. The minimum absolute atomic E-state index is 0.155. The van der Waals surface area contributed by atoms with E-state index in [2.05, 4.69) is 6.07 Å². The minimum Gasteiger partial charge on any atom is -0.507 e. The molecule has 0 aromatic heterocycles. The fourth-order valence-corrected chi connectivity index (χ4v) is 5.74. The van der Waals surface area contributed by atoms with Gasteiger partial charge in [-0.25, -0.2) is 0 Å². The Balaban J connectivity index is 1.84. The van der Waals surface area contributed by atoms with E-state index in [0.717, 1.165) is 35.2 Å². The number of aldehydes is 1. The van der Waals surface area contributed by atoms with Crippen molar-refractivity contribution < 1.29 is 9.90 Å². The molecule has 1 N–H and O–H groups in total. The number of hydrogen-bond acceptors (Lipinski definition) is 2. The van der Waals surface area contributed by atoms with Gasteiger partial charge in [0.05, 0.1) is 5.56 Å². The molecule has 4 aliphatic carbocycles. The highest BCUT2D eigenvalue weighted by atomic mass is 16.3. The van der Waals surface area contributed by atoms with Crippen LogP contribution in [0.1, 0.15) is 60.0 Å². The van der Waals surface area contributed by atoms with Gasteiger partial charge in [0.25, 0.3) is 0 Å². The first-order valence-corrected chi connectivity index (χ1v) is 7.89. The molecule has 4 fully saturated rings. The Morgan fingerprint density at radius 1 is 1.10 bits per heavy atom. The van der Waals surface area contributed by atoms with Gasteiger partial charge in [-0.2, -0.15) is 0 Å². The molecule has 0 amide bonds. The molecular weight excluding hydrogens is 248 g/mol. The molecule has 2 nitrogen and oxygen atoms in total. The van der Waals surface area contributed by atoms with E-state index in [1.54, 1.807) is 6.07 Å². The number of phenols is 1. The van der Waals surface area contributed by atoms with E-state index in [-0.39, 0.29) is 11.2 Å². The van der Waals surface area contributed by atoms with Crippen molar-refractivity contribution >= 4 is 6.29 Å². The van der Waals surface area contributed by atoms with Crippen LogP contribution < -0.4 is 0 Å². The molecule has 0 unspecified atom stereocenters. The number of aryl methyl sites for hydroxylation is 1. The molecule has 20 heavy (non-hydrogen) atoms. The van der Waals surface area contributed by atoms with E-state index in [1.807, 2.05) is 6.92 Å². The number of aromatic hydroxyl groups is 1. The first-order valence-electron chi connectivity index (χ1n) is 7.89. The van der Waals surface area contributed by atoms with Crippen LogP contribution in [0.15, 0.2) is 12.1 Å². The monoisotopic (exact) mass is 270 g/mol. The van der Waals surface area contributed by atoms with Crippen LogP contribution in [0.3, 0.4) is 0 Å². The average Bonchev–Trinajstić information content (AvgIpc) is 2.39. The number of carbonyl (C=O) groups is 1. The molecule has 4 aliphatic rings. The van der Waals surface area contributed by atoms with Crippen LogP contribution in [0.5, 0.6) is 5.75 Å². The maximum absolute atomic E-state index is 11.2. The SMILES string of the molecule is Cc1cc(C=O)c(O)c(C23CC4CC(CC(C4)C2)C3)c1. The second kappa shape index (κ2) is 4.09. The molecular formula is C18H22O2. The summed E-state index contributed by atoms with van der Waals surface area (Å²) in [4.78, 5) is 11.2. The molecule has 0 atom stereocenters. The lowest BCUT2D eigenvalue weighted by atomic mass is 9.48. The summed E-state index contributed by atoms with van der Waals surface area (Å²) < 4.78 is 0. The number of benzene rings is 1. The van der Waals surface area contributed by atoms with Crippen molar-refractivity contribution in [2.24, 2.45) is 17.8 Å². The third-order valence-electron chi connectivity index (χ3n) is 6.02. The van der Waals surface area contributed by atoms with Gasteiger partial charge in [-0.05, 0) is 80.2 Å². The highest BCUT2D eigenvalue weighted by Crippen LogP contribution is 2.62. The van der Waals surface area contributed by atoms with Crippen molar-refractivity contribution in [1.29, 1.82) is 0 Å². The largest absolute Gasteiger partial charge is 0.507 e. The molecule has 1 aromatic carbocycles. The Morgan fingerprint density at radius 2 is 1.65 bits per heavy atom. The van der Waals surface area contributed by atoms with Crippen LogP contribution in [0, 0.1) is 24.7 Å². The van der Waals surface area contributed by atoms with Crippen LogP contribution in [-0.2, 0) is 5.41 Å². The fraction of sp³-hybridized carbons (Fsp3) is 0.611. The predicted molar refractivity (Wildman–Crippen MR) is 78.1 cm³/mol. The molecule has 0 aliphatic heterocycles. The molecule has 0 heterocycles. The first kappa shape index (κ1) is 12.4. The molecule has 0 saturated heterocycles. The predicted octanol–water partition coefficient (Wildman–Crippen LogP) is 3.98. The summed E-state index contributed by atoms with van der Waals surface area (Å²) in [7, 11) is 0. The van der Waals surface area contributed by atoms with Gasteiger partial charge in [-0.1, -0.05) is 6.07 Å². The lowest BCUT2D eigenvalue weighted by Gasteiger charge is -2.57. The van der Waals surface area contributed by atoms with Crippen molar-refractivity contribution in [2.75, 3.05) is 0 Å². The molecule has 106 valence electrons. The van der Waals surface area contributed by atoms with Crippen molar-refractivity contribution in [3.8, 4) is 5.75 Å². The fourth-order valence-electron chi connectivity index (χ4n) is 5.74. The van der Waals surface area contributed by atoms with Crippen molar-refractivity contribution in [2.45, 2.75) is 50.9 Å². The van der Waals surface area contributed by atoms with Gasteiger partial charge in [0.1, 0.15) is 5.75 Å². The second-order valence-corrected chi connectivity index (χ2v) is 7.57. The zero-order chi connectivity index (χ0) is 13.9. The third-order valence-corrected chi connectivity index (χ3v) is 6.02. The second-order valence-electron chi connectivity index (χ2n) is 7.57. The summed E-state index contributed by atoms with van der Waals surface area (Å²) in [6.07, 6.45) is 8.63. The number of phenolic OH excluding ortho intramolecular Hbond substituents is 1. The van der Waals surface area contributed by atoms with E-state index in [0.29, 0.717) is 5.56 Å². The molecule has 0 radical (unpaired) electrons. The Kier molecular flexibility index (Phi) is 2.55. The maximum Gasteiger partial charge on any atom is 0.153 e. The van der Waals surface area contributed by atoms with E-state index < -0.39 is 0 Å². The smallest absolute Gasteiger partial charge is 0.153 e. The Hall–Kier alpha value is -1.31. The van der Waals surface area contributed by atoms with Crippen LogP contribution in [0.2, 0.25) is 0 Å². The Bertz CT molecular complexity index is 538. The summed E-state index contributed by atoms with van der Waals surface area (Å²) in [6, 6.07) is 3.93. The van der Waals surface area contributed by atoms with Gasteiger partial charge >= 0.3 is 0 Å². The van der Waals surface area contributed by atoms with Crippen molar-refractivity contribution in [3.05, 3.63) is 28.8 Å². The topological polar surface area (TPSA) is 37.3 Å². The first-order chi connectivity index (χ1) is 9.59. The summed E-state index contributed by atoms with van der Waals surface area (Å²) in [6.45, 7) is 2.02. The third kappa shape index (κ3) is 1.66. The van der Waals surface area contributed by atoms with Gasteiger partial charge in [0, 0.05) is 5.56 Å². The van der Waals surface area contributed by atoms with Crippen LogP contribution >= 0.6 is 0 Å². The zero-order valence-electron chi connectivity index (χ0n) is 12.1. The molecule has 5 rings (SSSR count). The normalized spacial score (nSPS) is 38.1. The summed E-state index contributed by atoms with van der Waals surface area (Å²) in [5.41, 5.74) is 2.79. The van der Waals surface area contributed by atoms with Crippen LogP contribution in [0.25, 0.3) is 0 Å². The number of rotatable bonds is 2. The standard InChI is InChI=1S/C18H22O2/c1-11-2-15(10-19)17(20)16(3-11)18-7-12-4-13(8-18)6-14(5-12)9-18/h2-3,10,12-14,20H,4-9H2,1H3. The van der Waals surface area contributed by atoms with Crippen LogP contribution in [0.4, 0.5) is 0 Å². The lowest BCUT2D eigenvalue weighted by Crippen LogP contribution is -2.48. The maximum atomic E-state index is 11.2. The van der Waals surface area contributed by atoms with Crippen LogP contribution in [-0.4, -0.2) is 11.4 Å². The van der Waals surface area contributed by atoms with E-state index in [1.165, 1.54) is 38.5 Å². The van der Waals surface area contributed by atoms with E-state index in [4.69, 9.17) is 0 Å². The summed E-state index contributed by atoms with van der Waals surface area (Å²) in [5.74, 6) is 2.80. The van der Waals surface area contributed by atoms with Crippen molar-refractivity contribution in [1.82, 2.24) is 0 Å². The molecule has 0 spiro atoms. The Labute approximate surface area is 120 Å². The molecule has 4 bridgehead atoms. The highest BCUT2D eigenvalue weighted by molar-refractivity contribution is 5.80. The Morgan fingerprint density at radius 3 is 2.15 bits per heavy atom. The van der Waals surface area contributed by atoms with E-state index in [9.17, 15) is 9.90 Å². The van der Waals surface area contributed by atoms with Gasteiger partial charge in [-0.15, -0.1) is 0 Å². The minimum atomic E-state index is 0.155. The number of hydrogen-bond donors (Lipinski definition) is 1. The zero-order valence-corrected chi connectivity index (χ0v) is 12.1. The average molecular weight is 270 g/mol. The van der Waals surface area contributed by atoms with Gasteiger partial charge in [0.2, 0.25) is 0 Å². The molecule has 4 saturated carbocycles. The lowest BCUT2D eigenvalue weighted by molar-refractivity contribution is -0.00617. The van der Waals surface area contributed by atoms with Gasteiger partial charge < -0.3 is 5.11 Å². The summed E-state index contributed by atoms with van der Waals surface area (Å²) >= 11 is 0. The van der Waals surface area contributed by atoms with Crippen molar-refractivity contribution in [3.63, 3.8) is 0 Å². The summed E-state index contributed by atoms with van der Waals surface area (Å²) in [5, 5.41) is 10.5. The van der Waals surface area contributed by atoms with Gasteiger partial charge in [-0.3, -0.25) is 4.79 Å². The number of carbonyl (C=O) groups excluding carboxylic acids is 1. The van der Waals surface area contributed by atoms with E-state index >= 15 is 0 Å².